The van der Waals surface area contributed by atoms with Gasteiger partial charge in [0.15, 0.2) is 11.6 Å². The first-order valence-corrected chi connectivity index (χ1v) is 3.68. The lowest BCUT2D eigenvalue weighted by atomic mass is 10.1. The zero-order chi connectivity index (χ0) is 10.0. The van der Waals surface area contributed by atoms with Crippen LogP contribution >= 0.6 is 11.6 Å². The SMILES string of the molecule is N#CCc1c(O)c(F)cc(Cl)c1F. The molecule has 0 atom stereocenters. The maximum atomic E-state index is 13.0. The van der Waals surface area contributed by atoms with Crippen LogP contribution < -0.4 is 0 Å². The molecule has 0 aromatic heterocycles. The van der Waals surface area contributed by atoms with Gasteiger partial charge in [0.1, 0.15) is 5.82 Å². The fourth-order valence-electron chi connectivity index (χ4n) is 0.876. The number of hydrogen-bond donors (Lipinski definition) is 1. The van der Waals surface area contributed by atoms with Crippen molar-refractivity contribution < 1.29 is 13.9 Å². The van der Waals surface area contributed by atoms with E-state index in [0.717, 1.165) is 0 Å². The number of phenols is 1. The van der Waals surface area contributed by atoms with Crippen molar-refractivity contribution in [1.82, 2.24) is 0 Å². The van der Waals surface area contributed by atoms with Crippen molar-refractivity contribution in [2.24, 2.45) is 0 Å². The fraction of sp³-hybridized carbons (Fsp3) is 0.125. The molecule has 0 spiro atoms. The van der Waals surface area contributed by atoms with Gasteiger partial charge in [-0.15, -0.1) is 0 Å². The molecule has 1 rings (SSSR count). The highest BCUT2D eigenvalue weighted by Crippen LogP contribution is 2.29. The summed E-state index contributed by atoms with van der Waals surface area (Å²) in [5.74, 6) is -2.85. The number of halogens is 3. The topological polar surface area (TPSA) is 44.0 Å². The molecule has 13 heavy (non-hydrogen) atoms. The fourth-order valence-corrected chi connectivity index (χ4v) is 1.09. The molecule has 0 fully saturated rings. The van der Waals surface area contributed by atoms with Gasteiger partial charge in [0.25, 0.3) is 0 Å². The van der Waals surface area contributed by atoms with Gasteiger partial charge < -0.3 is 5.11 Å². The van der Waals surface area contributed by atoms with Crippen LogP contribution in [0.4, 0.5) is 8.78 Å². The Bertz CT molecular complexity index is 360. The molecule has 0 heterocycles. The largest absolute Gasteiger partial charge is 0.505 e. The summed E-state index contributed by atoms with van der Waals surface area (Å²) in [5.41, 5.74) is -0.410. The van der Waals surface area contributed by atoms with Crippen LogP contribution in [-0.4, -0.2) is 5.11 Å². The highest BCUT2D eigenvalue weighted by Gasteiger charge is 2.16. The third-order valence-electron chi connectivity index (χ3n) is 1.50. The Morgan fingerprint density at radius 3 is 2.69 bits per heavy atom. The van der Waals surface area contributed by atoms with Crippen molar-refractivity contribution in [3.05, 3.63) is 28.3 Å². The zero-order valence-electron chi connectivity index (χ0n) is 6.31. The maximum Gasteiger partial charge on any atom is 0.166 e. The lowest BCUT2D eigenvalue weighted by Gasteiger charge is -2.04. The van der Waals surface area contributed by atoms with Gasteiger partial charge in [0.05, 0.1) is 17.5 Å². The van der Waals surface area contributed by atoms with Crippen LogP contribution in [0.3, 0.4) is 0 Å². The molecule has 0 radical (unpaired) electrons. The predicted octanol–water partition coefficient (Wildman–Crippen LogP) is 2.39. The van der Waals surface area contributed by atoms with Crippen LogP contribution in [0.1, 0.15) is 5.56 Å². The van der Waals surface area contributed by atoms with Gasteiger partial charge in [0.2, 0.25) is 0 Å². The molecule has 0 saturated heterocycles. The van der Waals surface area contributed by atoms with Gasteiger partial charge >= 0.3 is 0 Å². The van der Waals surface area contributed by atoms with E-state index >= 15 is 0 Å². The molecule has 2 nitrogen and oxygen atoms in total. The lowest BCUT2D eigenvalue weighted by molar-refractivity contribution is 0.420. The summed E-state index contributed by atoms with van der Waals surface area (Å²) >= 11 is 5.29. The molecule has 0 amide bonds. The lowest BCUT2D eigenvalue weighted by Crippen LogP contribution is -1.93. The Labute approximate surface area is 78.0 Å². The van der Waals surface area contributed by atoms with E-state index < -0.39 is 34.4 Å². The number of benzene rings is 1. The molecule has 1 N–H and O–H groups in total. The third-order valence-corrected chi connectivity index (χ3v) is 1.77. The number of phenolic OH excluding ortho intramolecular Hbond substituents is 1. The molecule has 0 unspecified atom stereocenters. The van der Waals surface area contributed by atoms with E-state index in [1.54, 1.807) is 6.07 Å². The van der Waals surface area contributed by atoms with E-state index in [9.17, 15) is 8.78 Å². The van der Waals surface area contributed by atoms with Gasteiger partial charge in [-0.2, -0.15) is 5.26 Å². The first-order chi connectivity index (χ1) is 6.07. The normalized spacial score (nSPS) is 9.69. The van der Waals surface area contributed by atoms with Crippen molar-refractivity contribution >= 4 is 11.6 Å². The van der Waals surface area contributed by atoms with Crippen molar-refractivity contribution in [3.63, 3.8) is 0 Å². The van der Waals surface area contributed by atoms with E-state index in [-0.39, 0.29) is 0 Å². The second kappa shape index (κ2) is 3.58. The predicted molar refractivity (Wildman–Crippen MR) is 42.3 cm³/mol. The van der Waals surface area contributed by atoms with E-state index in [0.29, 0.717) is 6.07 Å². The minimum Gasteiger partial charge on any atom is -0.505 e. The Hall–Kier alpha value is -1.34. The van der Waals surface area contributed by atoms with Crippen LogP contribution in [0, 0.1) is 23.0 Å². The second-order valence-corrected chi connectivity index (χ2v) is 2.72. The summed E-state index contributed by atoms with van der Waals surface area (Å²) in [6.07, 6.45) is -0.421. The van der Waals surface area contributed by atoms with Gasteiger partial charge in [0, 0.05) is 5.56 Å². The number of rotatable bonds is 1. The number of nitrogens with zero attached hydrogens (tertiary/aromatic N) is 1. The number of hydrogen-bond acceptors (Lipinski definition) is 2. The molecule has 0 aliphatic heterocycles. The summed E-state index contributed by atoms with van der Waals surface area (Å²) in [6, 6.07) is 2.25. The van der Waals surface area contributed by atoms with E-state index in [1.165, 1.54) is 0 Å². The van der Waals surface area contributed by atoms with Gasteiger partial charge in [-0.3, -0.25) is 0 Å². The Balaban J connectivity index is 3.39. The summed E-state index contributed by atoms with van der Waals surface area (Å²) in [7, 11) is 0. The summed E-state index contributed by atoms with van der Waals surface area (Å²) in [4.78, 5) is 0. The minimum atomic E-state index is -1.03. The van der Waals surface area contributed by atoms with E-state index in [4.69, 9.17) is 22.0 Å². The molecule has 0 saturated carbocycles. The molecule has 5 heteroatoms. The average molecular weight is 204 g/mol. The second-order valence-electron chi connectivity index (χ2n) is 2.32. The number of nitriles is 1. The van der Waals surface area contributed by atoms with Gasteiger partial charge in [-0.05, 0) is 6.07 Å². The molecule has 0 aliphatic rings. The Morgan fingerprint density at radius 1 is 1.54 bits per heavy atom. The van der Waals surface area contributed by atoms with Crippen molar-refractivity contribution in [3.8, 4) is 11.8 Å². The molecule has 68 valence electrons. The molecular weight excluding hydrogens is 200 g/mol. The summed E-state index contributed by atoms with van der Waals surface area (Å²) in [5, 5.41) is 16.8. The van der Waals surface area contributed by atoms with Crippen LogP contribution in [0.2, 0.25) is 5.02 Å². The zero-order valence-corrected chi connectivity index (χ0v) is 7.07. The first kappa shape index (κ1) is 9.75. The Kier molecular flexibility index (Phi) is 2.69. The van der Waals surface area contributed by atoms with Gasteiger partial charge in [-0.25, -0.2) is 8.78 Å². The van der Waals surface area contributed by atoms with Crippen LogP contribution in [0.5, 0.6) is 5.75 Å². The van der Waals surface area contributed by atoms with Crippen molar-refractivity contribution in [1.29, 1.82) is 5.26 Å². The van der Waals surface area contributed by atoms with Crippen LogP contribution in [0.25, 0.3) is 0 Å². The summed E-state index contributed by atoms with van der Waals surface area (Å²) in [6.45, 7) is 0. The number of aromatic hydroxyl groups is 1. The Morgan fingerprint density at radius 2 is 2.15 bits per heavy atom. The smallest absolute Gasteiger partial charge is 0.166 e. The van der Waals surface area contributed by atoms with Gasteiger partial charge in [-0.1, -0.05) is 11.6 Å². The molecule has 1 aromatic carbocycles. The molecule has 0 aliphatic carbocycles. The quantitative estimate of drug-likeness (QED) is 0.713. The highest BCUT2D eigenvalue weighted by atomic mass is 35.5. The summed E-state index contributed by atoms with van der Waals surface area (Å²) < 4.78 is 25.8. The molecular formula is C8H4ClF2NO. The van der Waals surface area contributed by atoms with E-state index in [1.807, 2.05) is 0 Å². The first-order valence-electron chi connectivity index (χ1n) is 3.30. The van der Waals surface area contributed by atoms with Crippen molar-refractivity contribution in [2.75, 3.05) is 0 Å². The minimum absolute atomic E-state index is 0.410. The standard InChI is InChI=1S/C8H4ClF2NO/c9-5-3-6(10)8(13)4(1-2-12)7(5)11/h3,13H,1H2. The third kappa shape index (κ3) is 1.70. The molecule has 1 aromatic rings. The van der Waals surface area contributed by atoms with Crippen LogP contribution in [0.15, 0.2) is 6.07 Å². The van der Waals surface area contributed by atoms with E-state index in [2.05, 4.69) is 0 Å². The maximum absolute atomic E-state index is 13.0. The highest BCUT2D eigenvalue weighted by molar-refractivity contribution is 6.30. The van der Waals surface area contributed by atoms with Crippen molar-refractivity contribution in [2.45, 2.75) is 6.42 Å². The monoisotopic (exact) mass is 203 g/mol. The average Bonchev–Trinajstić information content (AvgIpc) is 2.09. The van der Waals surface area contributed by atoms with Crippen LogP contribution in [-0.2, 0) is 6.42 Å². The molecule has 0 bridgehead atoms.